The second-order valence-electron chi connectivity index (χ2n) is 28.4. The van der Waals surface area contributed by atoms with E-state index in [0.717, 1.165) is 114 Å². The van der Waals surface area contributed by atoms with Gasteiger partial charge < -0.3 is 33.8 Å². The van der Waals surface area contributed by atoms with Crippen molar-refractivity contribution in [3.8, 4) is 0 Å². The highest BCUT2D eigenvalue weighted by Crippen LogP contribution is 2.45. The molecule has 4 unspecified atom stereocenters. The van der Waals surface area contributed by atoms with Crippen LogP contribution in [0.2, 0.25) is 0 Å². The largest absolute Gasteiger partial charge is 0.472 e. The minimum absolute atomic E-state index is 0.105. The SMILES string of the molecule is CCC(C)CCCCCCCCCCCCC(=O)OC[C@H](COP(=O)(O)OCC(O)COP(=O)(O)OC[C@@H](COC(=O)CCCCCCCCCCC(C)C)OC(=O)CCCCCCCCCCCCC(C)C)OC(=O)CCCCCCCCCCCCCCC(C)C. The van der Waals surface area contributed by atoms with Crippen LogP contribution < -0.4 is 0 Å². The smallest absolute Gasteiger partial charge is 0.462 e. The van der Waals surface area contributed by atoms with Gasteiger partial charge in [-0.2, -0.15) is 0 Å². The molecular formula is C74H144O17P2. The van der Waals surface area contributed by atoms with Crippen LogP contribution in [0.15, 0.2) is 0 Å². The third-order valence-corrected chi connectivity index (χ3v) is 19.3. The highest BCUT2D eigenvalue weighted by Gasteiger charge is 2.30. The van der Waals surface area contributed by atoms with Gasteiger partial charge in [0.05, 0.1) is 26.4 Å². The van der Waals surface area contributed by atoms with Crippen molar-refractivity contribution in [2.45, 2.75) is 388 Å². The molecule has 0 bridgehead atoms. The molecule has 0 aliphatic carbocycles. The number of aliphatic hydroxyl groups is 1. The lowest BCUT2D eigenvalue weighted by atomic mass is 9.99. The molecule has 0 aliphatic heterocycles. The lowest BCUT2D eigenvalue weighted by Gasteiger charge is -2.21. The molecule has 6 atom stereocenters. The third-order valence-electron chi connectivity index (χ3n) is 17.4. The molecule has 0 aromatic rings. The van der Waals surface area contributed by atoms with Gasteiger partial charge in [-0.1, -0.05) is 319 Å². The number of phosphoric ester groups is 2. The molecule has 19 heteroatoms. The van der Waals surface area contributed by atoms with Gasteiger partial charge in [0.1, 0.15) is 19.3 Å². The number of unbranched alkanes of at least 4 members (excludes halogenated alkanes) is 36. The second-order valence-corrected chi connectivity index (χ2v) is 31.3. The van der Waals surface area contributed by atoms with Gasteiger partial charge in [-0.15, -0.1) is 0 Å². The van der Waals surface area contributed by atoms with Gasteiger partial charge in [-0.25, -0.2) is 9.13 Å². The predicted molar refractivity (Wildman–Crippen MR) is 377 cm³/mol. The number of carbonyl (C=O) groups is 4. The maximum absolute atomic E-state index is 13.1. The number of phosphoric acid groups is 2. The van der Waals surface area contributed by atoms with Crippen molar-refractivity contribution < 1.29 is 80.2 Å². The van der Waals surface area contributed by atoms with Crippen LogP contribution in [0.5, 0.6) is 0 Å². The Morgan fingerprint density at radius 1 is 0.301 bits per heavy atom. The molecule has 0 radical (unpaired) electrons. The van der Waals surface area contributed by atoms with Gasteiger partial charge in [0, 0.05) is 25.7 Å². The summed E-state index contributed by atoms with van der Waals surface area (Å²) in [6, 6.07) is 0. The van der Waals surface area contributed by atoms with E-state index in [0.29, 0.717) is 25.7 Å². The van der Waals surface area contributed by atoms with Crippen molar-refractivity contribution in [3.05, 3.63) is 0 Å². The van der Waals surface area contributed by atoms with E-state index < -0.39 is 97.5 Å². The average molecular weight is 1370 g/mol. The summed E-state index contributed by atoms with van der Waals surface area (Å²) in [5, 5.41) is 10.6. The molecule has 0 aromatic carbocycles. The van der Waals surface area contributed by atoms with Crippen LogP contribution in [0.4, 0.5) is 0 Å². The van der Waals surface area contributed by atoms with E-state index in [4.69, 9.17) is 37.0 Å². The Morgan fingerprint density at radius 2 is 0.516 bits per heavy atom. The van der Waals surface area contributed by atoms with E-state index in [1.165, 1.54) is 173 Å². The van der Waals surface area contributed by atoms with Crippen molar-refractivity contribution >= 4 is 39.5 Å². The molecule has 17 nitrogen and oxygen atoms in total. The lowest BCUT2D eigenvalue weighted by molar-refractivity contribution is -0.161. The lowest BCUT2D eigenvalue weighted by Crippen LogP contribution is -2.30. The number of rotatable bonds is 71. The number of hydrogen-bond acceptors (Lipinski definition) is 15. The Morgan fingerprint density at radius 3 is 0.763 bits per heavy atom. The molecule has 0 fully saturated rings. The first-order chi connectivity index (χ1) is 44.6. The Kier molecular flexibility index (Phi) is 62.2. The average Bonchev–Trinajstić information content (AvgIpc) is 1.63. The summed E-state index contributed by atoms with van der Waals surface area (Å²) < 4.78 is 68.5. The fourth-order valence-corrected chi connectivity index (χ4v) is 12.7. The maximum atomic E-state index is 13.1. The van der Waals surface area contributed by atoms with Crippen molar-refractivity contribution in [2.75, 3.05) is 39.6 Å². The standard InChI is InChI=1S/C74H144O17P2/c1-9-67(8)53-45-37-29-20-15-17-21-30-38-46-54-71(76)84-60-69(90-73(78)56-48-40-32-22-13-11-10-12-18-26-34-42-50-64(2)3)62-88-92(80,81)86-58-68(75)59-87-93(82,83)89-63-70(61-85-72(77)55-47-39-31-25-24-28-36-44-52-66(6)7)91-74(79)57-49-41-33-23-16-14-19-27-35-43-51-65(4)5/h64-70,75H,9-63H2,1-8H3,(H,80,81)(H,82,83)/t67?,68?,69-,70-/m1/s1. The summed E-state index contributed by atoms with van der Waals surface area (Å²) >= 11 is 0. The molecule has 0 saturated carbocycles. The van der Waals surface area contributed by atoms with E-state index in [1.54, 1.807) is 0 Å². The summed E-state index contributed by atoms with van der Waals surface area (Å²) in [5.41, 5.74) is 0. The first-order valence-electron chi connectivity index (χ1n) is 38.2. The predicted octanol–water partition coefficient (Wildman–Crippen LogP) is 21.3. The molecule has 0 amide bonds. The molecule has 0 spiro atoms. The number of carbonyl (C=O) groups excluding carboxylic acids is 4. The molecule has 0 aromatic heterocycles. The van der Waals surface area contributed by atoms with Crippen LogP contribution in [0.1, 0.15) is 370 Å². The van der Waals surface area contributed by atoms with E-state index in [-0.39, 0.29) is 25.7 Å². The van der Waals surface area contributed by atoms with Crippen LogP contribution in [0.3, 0.4) is 0 Å². The topological polar surface area (TPSA) is 237 Å². The Bertz CT molecular complexity index is 1840. The number of ether oxygens (including phenoxy) is 4. The molecule has 0 aliphatic rings. The van der Waals surface area contributed by atoms with Crippen LogP contribution in [-0.4, -0.2) is 96.7 Å². The van der Waals surface area contributed by atoms with Crippen molar-refractivity contribution in [2.24, 2.45) is 23.7 Å². The van der Waals surface area contributed by atoms with E-state index in [1.807, 2.05) is 0 Å². The van der Waals surface area contributed by atoms with E-state index >= 15 is 0 Å². The zero-order valence-electron chi connectivity index (χ0n) is 60.9. The van der Waals surface area contributed by atoms with Crippen molar-refractivity contribution in [1.82, 2.24) is 0 Å². The normalized spacial score (nSPS) is 14.5. The third kappa shape index (κ3) is 67.0. The Hall–Kier alpha value is -1.94. The first-order valence-corrected chi connectivity index (χ1v) is 41.2. The summed E-state index contributed by atoms with van der Waals surface area (Å²) in [7, 11) is -9.91. The zero-order chi connectivity index (χ0) is 68.9. The Labute approximate surface area is 568 Å². The first kappa shape index (κ1) is 91.1. The molecule has 3 N–H and O–H groups in total. The van der Waals surface area contributed by atoms with Gasteiger partial charge >= 0.3 is 39.5 Å². The Balaban J connectivity index is 5.27. The second kappa shape index (κ2) is 63.5. The minimum Gasteiger partial charge on any atom is -0.462 e. The monoisotopic (exact) mass is 1370 g/mol. The summed E-state index contributed by atoms with van der Waals surface area (Å²) in [4.78, 5) is 72.8. The van der Waals surface area contributed by atoms with Crippen molar-refractivity contribution in [1.29, 1.82) is 0 Å². The highest BCUT2D eigenvalue weighted by molar-refractivity contribution is 7.47. The quantitative estimate of drug-likeness (QED) is 0.0222. The summed E-state index contributed by atoms with van der Waals surface area (Å²) in [5.74, 6) is 0.941. The van der Waals surface area contributed by atoms with Crippen LogP contribution in [0, 0.1) is 23.7 Å². The van der Waals surface area contributed by atoms with Gasteiger partial charge in [0.15, 0.2) is 12.2 Å². The van der Waals surface area contributed by atoms with E-state index in [9.17, 15) is 43.2 Å². The van der Waals surface area contributed by atoms with Crippen LogP contribution in [0.25, 0.3) is 0 Å². The van der Waals surface area contributed by atoms with Gasteiger partial charge in [0.2, 0.25) is 0 Å². The van der Waals surface area contributed by atoms with E-state index in [2.05, 4.69) is 55.4 Å². The van der Waals surface area contributed by atoms with Gasteiger partial charge in [0.25, 0.3) is 0 Å². The minimum atomic E-state index is -4.96. The molecule has 552 valence electrons. The molecular weight excluding hydrogens is 1220 g/mol. The summed E-state index contributed by atoms with van der Waals surface area (Å²) in [6.07, 6.45) is 47.1. The number of esters is 4. The maximum Gasteiger partial charge on any atom is 0.472 e. The van der Waals surface area contributed by atoms with Crippen molar-refractivity contribution in [3.63, 3.8) is 0 Å². The molecule has 93 heavy (non-hydrogen) atoms. The fourth-order valence-electron chi connectivity index (χ4n) is 11.2. The summed E-state index contributed by atoms with van der Waals surface area (Å²) in [6.45, 7) is 14.2. The van der Waals surface area contributed by atoms with Crippen LogP contribution in [-0.2, 0) is 65.4 Å². The van der Waals surface area contributed by atoms with Crippen LogP contribution >= 0.6 is 15.6 Å². The highest BCUT2D eigenvalue weighted by atomic mass is 31.2. The molecule has 0 saturated heterocycles. The van der Waals surface area contributed by atoms with Gasteiger partial charge in [-0.05, 0) is 49.4 Å². The fraction of sp³-hybridized carbons (Fsp3) is 0.946. The number of aliphatic hydroxyl groups excluding tert-OH is 1. The molecule has 0 rings (SSSR count). The number of hydrogen-bond donors (Lipinski definition) is 3. The zero-order valence-corrected chi connectivity index (χ0v) is 62.7. The van der Waals surface area contributed by atoms with Gasteiger partial charge in [-0.3, -0.25) is 37.3 Å². The molecule has 0 heterocycles.